The first kappa shape index (κ1) is 15.5. The van der Waals surface area contributed by atoms with Gasteiger partial charge in [-0.05, 0) is 18.2 Å². The largest absolute Gasteiger partial charge is 0.289 e. The summed E-state index contributed by atoms with van der Waals surface area (Å²) in [6, 6.07) is 20.4. The van der Waals surface area contributed by atoms with Crippen molar-refractivity contribution in [3.63, 3.8) is 0 Å². The van der Waals surface area contributed by atoms with E-state index < -0.39 is 0 Å². The number of para-hydroxylation sites is 1. The van der Waals surface area contributed by atoms with Gasteiger partial charge in [-0.15, -0.1) is 11.3 Å². The second-order valence-electron chi connectivity index (χ2n) is 5.93. The van der Waals surface area contributed by atoms with Gasteiger partial charge in [0.05, 0.1) is 10.2 Å². The van der Waals surface area contributed by atoms with Crippen molar-refractivity contribution in [3.8, 4) is 0 Å². The molecule has 5 heteroatoms. The van der Waals surface area contributed by atoms with Gasteiger partial charge in [-0.1, -0.05) is 60.3 Å². The Morgan fingerprint density at radius 1 is 0.731 bits per heavy atom. The molecule has 0 radical (unpaired) electrons. The Morgan fingerprint density at radius 3 is 2.23 bits per heavy atom. The second-order valence-corrected chi connectivity index (χ2v) is 8.25. The molecule has 0 saturated heterocycles. The summed E-state index contributed by atoms with van der Waals surface area (Å²) in [6.45, 7) is 0. The topological polar surface area (TPSA) is 47.0 Å². The zero-order valence-electron chi connectivity index (χ0n) is 13.4. The number of carbonyl (C=O) groups is 2. The molecule has 124 valence electrons. The molecule has 0 fully saturated rings. The van der Waals surface area contributed by atoms with Gasteiger partial charge in [0.2, 0.25) is 0 Å². The van der Waals surface area contributed by atoms with E-state index in [1.54, 1.807) is 41.7 Å². The van der Waals surface area contributed by atoms with Gasteiger partial charge in [-0.3, -0.25) is 9.59 Å². The van der Waals surface area contributed by atoms with Crippen LogP contribution < -0.4 is 0 Å². The summed E-state index contributed by atoms with van der Waals surface area (Å²) in [5.74, 6) is -0.193. The summed E-state index contributed by atoms with van der Waals surface area (Å²) in [5.41, 5.74) is 2.85. The van der Waals surface area contributed by atoms with E-state index in [1.807, 2.05) is 36.4 Å². The smallest absolute Gasteiger partial charge is 0.195 e. The third-order valence-corrected chi connectivity index (χ3v) is 6.54. The Labute approximate surface area is 157 Å². The highest BCUT2D eigenvalue weighted by Crippen LogP contribution is 2.39. The van der Waals surface area contributed by atoms with Crippen molar-refractivity contribution in [1.29, 1.82) is 0 Å². The standard InChI is InChI=1S/C21H11NO2S2/c23-19-12-6-1-2-7-13(12)20(24)18-14(19)8-5-11-17(18)26-21-22-15-9-3-4-10-16(15)25-21/h1-11H. The Morgan fingerprint density at radius 2 is 1.42 bits per heavy atom. The van der Waals surface area contributed by atoms with Gasteiger partial charge in [0.15, 0.2) is 15.9 Å². The van der Waals surface area contributed by atoms with Gasteiger partial charge < -0.3 is 0 Å². The Bertz CT molecular complexity index is 1180. The lowest BCUT2D eigenvalue weighted by Crippen LogP contribution is -2.21. The van der Waals surface area contributed by atoms with Crippen LogP contribution in [-0.2, 0) is 0 Å². The van der Waals surface area contributed by atoms with Crippen molar-refractivity contribution >= 4 is 44.9 Å². The number of aromatic nitrogens is 1. The van der Waals surface area contributed by atoms with Crippen LogP contribution in [0.4, 0.5) is 0 Å². The molecule has 0 aliphatic heterocycles. The van der Waals surface area contributed by atoms with E-state index in [-0.39, 0.29) is 11.6 Å². The van der Waals surface area contributed by atoms with E-state index in [2.05, 4.69) is 4.98 Å². The lowest BCUT2D eigenvalue weighted by molar-refractivity contribution is 0.0977. The minimum Gasteiger partial charge on any atom is -0.289 e. The van der Waals surface area contributed by atoms with Crippen molar-refractivity contribution in [1.82, 2.24) is 4.98 Å². The number of ketones is 2. The van der Waals surface area contributed by atoms with Crippen LogP contribution in [0.2, 0.25) is 0 Å². The normalized spacial score (nSPS) is 12.9. The molecule has 3 aromatic carbocycles. The third-order valence-electron chi connectivity index (χ3n) is 4.39. The highest BCUT2D eigenvalue weighted by molar-refractivity contribution is 8.01. The van der Waals surface area contributed by atoms with Crippen LogP contribution in [0, 0.1) is 0 Å². The van der Waals surface area contributed by atoms with Gasteiger partial charge in [-0.2, -0.15) is 0 Å². The number of nitrogens with zero attached hydrogens (tertiary/aromatic N) is 1. The van der Waals surface area contributed by atoms with Crippen molar-refractivity contribution in [2.45, 2.75) is 9.24 Å². The van der Waals surface area contributed by atoms with Crippen molar-refractivity contribution in [2.75, 3.05) is 0 Å². The van der Waals surface area contributed by atoms with E-state index in [1.165, 1.54) is 11.8 Å². The van der Waals surface area contributed by atoms with Crippen LogP contribution in [0.1, 0.15) is 31.8 Å². The molecule has 0 N–H and O–H groups in total. The summed E-state index contributed by atoms with van der Waals surface area (Å²) in [7, 11) is 0. The van der Waals surface area contributed by atoms with Gasteiger partial charge in [0.1, 0.15) is 0 Å². The van der Waals surface area contributed by atoms with E-state index in [9.17, 15) is 9.59 Å². The monoisotopic (exact) mass is 373 g/mol. The van der Waals surface area contributed by atoms with Crippen LogP contribution in [0.25, 0.3) is 10.2 Å². The molecule has 5 rings (SSSR count). The molecule has 1 aliphatic rings. The number of hydrogen-bond donors (Lipinski definition) is 0. The lowest BCUT2D eigenvalue weighted by atomic mass is 9.84. The maximum Gasteiger partial charge on any atom is 0.195 e. The van der Waals surface area contributed by atoms with Gasteiger partial charge in [0.25, 0.3) is 0 Å². The minimum atomic E-state index is -0.0978. The number of hydrogen-bond acceptors (Lipinski definition) is 5. The Hall–Kier alpha value is -2.76. The molecule has 1 aliphatic carbocycles. The van der Waals surface area contributed by atoms with Gasteiger partial charge >= 0.3 is 0 Å². The van der Waals surface area contributed by atoms with E-state index in [4.69, 9.17) is 0 Å². The van der Waals surface area contributed by atoms with E-state index in [0.29, 0.717) is 22.3 Å². The summed E-state index contributed by atoms with van der Waals surface area (Å²) in [6.07, 6.45) is 0. The van der Waals surface area contributed by atoms with Crippen LogP contribution in [0.15, 0.2) is 76.0 Å². The molecular weight excluding hydrogens is 362 g/mol. The maximum absolute atomic E-state index is 13.1. The molecular formula is C21H11NO2S2. The van der Waals surface area contributed by atoms with Crippen LogP contribution >= 0.6 is 23.1 Å². The van der Waals surface area contributed by atoms with Gasteiger partial charge in [-0.25, -0.2) is 4.98 Å². The van der Waals surface area contributed by atoms with Crippen molar-refractivity contribution < 1.29 is 9.59 Å². The summed E-state index contributed by atoms with van der Waals surface area (Å²) in [5, 5.41) is 0. The second kappa shape index (κ2) is 5.90. The molecule has 0 saturated carbocycles. The number of fused-ring (bicyclic) bond motifs is 3. The lowest BCUT2D eigenvalue weighted by Gasteiger charge is -2.19. The maximum atomic E-state index is 13.1. The Balaban J connectivity index is 1.64. The molecule has 0 unspecified atom stereocenters. The quantitative estimate of drug-likeness (QED) is 0.425. The first-order valence-corrected chi connectivity index (χ1v) is 9.70. The fraction of sp³-hybridized carbons (Fsp3) is 0. The van der Waals surface area contributed by atoms with Crippen LogP contribution in [-0.4, -0.2) is 16.6 Å². The predicted molar refractivity (Wildman–Crippen MR) is 103 cm³/mol. The summed E-state index contributed by atoms with van der Waals surface area (Å²) >= 11 is 3.03. The molecule has 0 spiro atoms. The fourth-order valence-electron chi connectivity index (χ4n) is 3.19. The number of carbonyl (C=O) groups excluding carboxylic acids is 2. The third kappa shape index (κ3) is 2.32. The zero-order chi connectivity index (χ0) is 17.7. The Kier molecular flexibility index (Phi) is 3.51. The van der Waals surface area contributed by atoms with Crippen LogP contribution in [0.3, 0.4) is 0 Å². The molecule has 26 heavy (non-hydrogen) atoms. The van der Waals surface area contributed by atoms with E-state index >= 15 is 0 Å². The number of benzene rings is 3. The van der Waals surface area contributed by atoms with Crippen molar-refractivity contribution in [2.24, 2.45) is 0 Å². The molecule has 4 aromatic rings. The highest BCUT2D eigenvalue weighted by Gasteiger charge is 2.31. The summed E-state index contributed by atoms with van der Waals surface area (Å²) in [4.78, 5) is 31.3. The average molecular weight is 373 g/mol. The zero-order valence-corrected chi connectivity index (χ0v) is 15.1. The molecule has 1 heterocycles. The first-order valence-electron chi connectivity index (χ1n) is 8.07. The SMILES string of the molecule is O=C1c2ccccc2C(=O)c2c(Sc3nc4ccccc4s3)cccc21. The minimum absolute atomic E-state index is 0.0954. The molecule has 1 aromatic heterocycles. The molecule has 0 amide bonds. The molecule has 3 nitrogen and oxygen atoms in total. The fourth-order valence-corrected chi connectivity index (χ4v) is 5.37. The molecule has 0 atom stereocenters. The van der Waals surface area contributed by atoms with Crippen LogP contribution in [0.5, 0.6) is 0 Å². The summed E-state index contributed by atoms with van der Waals surface area (Å²) < 4.78 is 1.96. The van der Waals surface area contributed by atoms with Crippen molar-refractivity contribution in [3.05, 3.63) is 89.0 Å². The average Bonchev–Trinajstić information content (AvgIpc) is 3.08. The number of rotatable bonds is 2. The van der Waals surface area contributed by atoms with Gasteiger partial charge in [0, 0.05) is 27.1 Å². The predicted octanol–water partition coefficient (Wildman–Crippen LogP) is 5.22. The highest BCUT2D eigenvalue weighted by atomic mass is 32.2. The molecule has 0 bridgehead atoms. The van der Waals surface area contributed by atoms with E-state index in [0.717, 1.165) is 19.5 Å². The number of thiazole rings is 1. The first-order chi connectivity index (χ1) is 12.7.